The van der Waals surface area contributed by atoms with E-state index in [0.29, 0.717) is 5.69 Å². The van der Waals surface area contributed by atoms with Crippen LogP contribution in [0.4, 0.5) is 5.13 Å². The van der Waals surface area contributed by atoms with Gasteiger partial charge in [-0.3, -0.25) is 9.52 Å². The lowest BCUT2D eigenvalue weighted by Crippen LogP contribution is -2.13. The van der Waals surface area contributed by atoms with Crippen LogP contribution in [0.15, 0.2) is 28.5 Å². The highest BCUT2D eigenvalue weighted by Gasteiger charge is 2.21. The number of aromatic nitrogens is 1. The number of esters is 1. The molecule has 10 heteroatoms. The van der Waals surface area contributed by atoms with E-state index in [1.54, 1.807) is 12.3 Å². The number of benzene rings is 1. The van der Waals surface area contributed by atoms with E-state index < -0.39 is 16.0 Å². The number of hydrogen-bond donors (Lipinski definition) is 1. The first kappa shape index (κ1) is 18.0. The first-order chi connectivity index (χ1) is 10.8. The first-order valence-electron chi connectivity index (χ1n) is 6.40. The van der Waals surface area contributed by atoms with Crippen LogP contribution in [0.3, 0.4) is 0 Å². The van der Waals surface area contributed by atoms with Gasteiger partial charge >= 0.3 is 5.97 Å². The van der Waals surface area contributed by atoms with Gasteiger partial charge < -0.3 is 4.74 Å². The Balaban J connectivity index is 2.17. The molecule has 23 heavy (non-hydrogen) atoms. The Kier molecular flexibility index (Phi) is 5.85. The largest absolute Gasteiger partial charge is 0.466 e. The standard InChI is InChI=1S/C13H12Cl2N2O4S2/c1-2-21-11(18)6-8-7-22-13(16-8)17-23(19,20)10-5-3-4-9(14)12(10)15/h3-5,7H,2,6H2,1H3,(H,16,17). The van der Waals surface area contributed by atoms with E-state index in [1.807, 2.05) is 0 Å². The number of hydrogen-bond acceptors (Lipinski definition) is 6. The molecule has 2 aromatic rings. The van der Waals surface area contributed by atoms with Crippen LogP contribution >= 0.6 is 34.5 Å². The van der Waals surface area contributed by atoms with Gasteiger partial charge in [-0.05, 0) is 19.1 Å². The fourth-order valence-electron chi connectivity index (χ4n) is 1.66. The van der Waals surface area contributed by atoms with E-state index in [2.05, 4.69) is 9.71 Å². The van der Waals surface area contributed by atoms with Crippen molar-refractivity contribution < 1.29 is 17.9 Å². The normalized spacial score (nSPS) is 11.3. The highest BCUT2D eigenvalue weighted by molar-refractivity contribution is 7.93. The molecule has 0 spiro atoms. The third kappa shape index (κ3) is 4.57. The number of carbonyl (C=O) groups is 1. The number of nitrogens with zero attached hydrogens (tertiary/aromatic N) is 1. The smallest absolute Gasteiger partial charge is 0.311 e. The van der Waals surface area contributed by atoms with Crippen molar-refractivity contribution in [3.8, 4) is 0 Å². The molecule has 0 unspecified atom stereocenters. The number of carbonyl (C=O) groups excluding carboxylic acids is 1. The van der Waals surface area contributed by atoms with E-state index in [0.717, 1.165) is 11.3 Å². The van der Waals surface area contributed by atoms with Gasteiger partial charge in [0.2, 0.25) is 0 Å². The summed E-state index contributed by atoms with van der Waals surface area (Å²) in [7, 11) is -3.93. The maximum absolute atomic E-state index is 12.3. The molecule has 0 saturated carbocycles. The molecule has 0 bridgehead atoms. The van der Waals surface area contributed by atoms with Gasteiger partial charge in [0.15, 0.2) is 5.13 Å². The Morgan fingerprint density at radius 3 is 2.83 bits per heavy atom. The molecular weight excluding hydrogens is 383 g/mol. The Labute approximate surface area is 147 Å². The van der Waals surface area contributed by atoms with E-state index >= 15 is 0 Å². The molecule has 0 aliphatic rings. The SMILES string of the molecule is CCOC(=O)Cc1csc(NS(=O)(=O)c2cccc(Cl)c2Cl)n1. The zero-order chi connectivity index (χ0) is 17.0. The number of sulfonamides is 1. The van der Waals surface area contributed by atoms with Crippen molar-refractivity contribution in [2.75, 3.05) is 11.3 Å². The number of rotatable bonds is 6. The predicted octanol–water partition coefficient (Wildman–Crippen LogP) is 3.36. The molecule has 0 radical (unpaired) electrons. The van der Waals surface area contributed by atoms with Crippen LogP contribution in [0.5, 0.6) is 0 Å². The first-order valence-corrected chi connectivity index (χ1v) is 9.52. The van der Waals surface area contributed by atoms with Gasteiger partial charge in [-0.2, -0.15) is 0 Å². The highest BCUT2D eigenvalue weighted by atomic mass is 35.5. The second-order valence-electron chi connectivity index (χ2n) is 4.28. The fraction of sp³-hybridized carbons (Fsp3) is 0.231. The molecule has 0 fully saturated rings. The molecule has 1 heterocycles. The lowest BCUT2D eigenvalue weighted by atomic mass is 10.3. The molecule has 0 saturated heterocycles. The summed E-state index contributed by atoms with van der Waals surface area (Å²) in [5.74, 6) is -0.426. The number of ether oxygens (including phenoxy) is 1. The van der Waals surface area contributed by atoms with Crippen molar-refractivity contribution in [1.29, 1.82) is 0 Å². The molecule has 0 amide bonds. The maximum Gasteiger partial charge on any atom is 0.311 e. The average Bonchev–Trinajstić information content (AvgIpc) is 2.88. The van der Waals surface area contributed by atoms with Gasteiger partial charge in [0.25, 0.3) is 10.0 Å². The molecule has 1 aromatic heterocycles. The molecule has 0 aliphatic carbocycles. The van der Waals surface area contributed by atoms with E-state index in [-0.39, 0.29) is 33.1 Å². The number of anilines is 1. The van der Waals surface area contributed by atoms with Crippen LogP contribution in [-0.2, 0) is 26.0 Å². The molecule has 1 aromatic carbocycles. The van der Waals surface area contributed by atoms with Crippen LogP contribution in [0.2, 0.25) is 10.0 Å². The van der Waals surface area contributed by atoms with Gasteiger partial charge in [0, 0.05) is 5.38 Å². The molecule has 2 rings (SSSR count). The average molecular weight is 395 g/mol. The zero-order valence-corrected chi connectivity index (χ0v) is 15.0. The molecule has 6 nitrogen and oxygen atoms in total. The zero-order valence-electron chi connectivity index (χ0n) is 11.9. The predicted molar refractivity (Wildman–Crippen MR) is 89.7 cm³/mol. The van der Waals surface area contributed by atoms with E-state index in [1.165, 1.54) is 18.2 Å². The lowest BCUT2D eigenvalue weighted by Gasteiger charge is -2.07. The summed E-state index contributed by atoms with van der Waals surface area (Å²) in [4.78, 5) is 15.3. The molecule has 0 atom stereocenters. The summed E-state index contributed by atoms with van der Waals surface area (Å²) in [6.45, 7) is 1.98. The highest BCUT2D eigenvalue weighted by Crippen LogP contribution is 2.30. The third-order valence-corrected chi connectivity index (χ3v) is 5.86. The monoisotopic (exact) mass is 394 g/mol. The van der Waals surface area contributed by atoms with Gasteiger partial charge in [-0.1, -0.05) is 29.3 Å². The van der Waals surface area contributed by atoms with Crippen molar-refractivity contribution in [1.82, 2.24) is 4.98 Å². The molecule has 0 aliphatic heterocycles. The summed E-state index contributed by atoms with van der Waals surface area (Å²) in [5, 5.41) is 1.77. The minimum absolute atomic E-state index is 0.0238. The second kappa shape index (κ2) is 7.48. The van der Waals surface area contributed by atoms with Crippen LogP contribution in [0.1, 0.15) is 12.6 Å². The summed E-state index contributed by atoms with van der Waals surface area (Å²) < 4.78 is 31.8. The van der Waals surface area contributed by atoms with Crippen molar-refractivity contribution in [2.45, 2.75) is 18.2 Å². The van der Waals surface area contributed by atoms with Gasteiger partial charge in [0.05, 0.1) is 28.8 Å². The number of thiazole rings is 1. The van der Waals surface area contributed by atoms with Crippen LogP contribution in [-0.4, -0.2) is 26.0 Å². The van der Waals surface area contributed by atoms with Crippen molar-refractivity contribution in [3.05, 3.63) is 39.3 Å². The molecule has 1 N–H and O–H groups in total. The Hall–Kier alpha value is -1.35. The fourth-order valence-corrected chi connectivity index (χ4v) is 4.38. The van der Waals surface area contributed by atoms with Gasteiger partial charge in [-0.15, -0.1) is 11.3 Å². The van der Waals surface area contributed by atoms with Crippen LogP contribution < -0.4 is 4.72 Å². The summed E-state index contributed by atoms with van der Waals surface area (Å²) in [6.07, 6.45) is -0.0238. The minimum Gasteiger partial charge on any atom is -0.466 e. The topological polar surface area (TPSA) is 85.4 Å². The minimum atomic E-state index is -3.93. The number of halogens is 2. The Morgan fingerprint density at radius 2 is 2.13 bits per heavy atom. The van der Waals surface area contributed by atoms with Gasteiger partial charge in [0.1, 0.15) is 4.90 Å². The van der Waals surface area contributed by atoms with Crippen molar-refractivity contribution in [2.24, 2.45) is 0 Å². The van der Waals surface area contributed by atoms with Crippen molar-refractivity contribution in [3.63, 3.8) is 0 Å². The second-order valence-corrected chi connectivity index (χ2v) is 7.58. The lowest BCUT2D eigenvalue weighted by molar-refractivity contribution is -0.142. The summed E-state index contributed by atoms with van der Waals surface area (Å²) in [5.41, 5.74) is 0.420. The Bertz CT molecular complexity index is 821. The van der Waals surface area contributed by atoms with Gasteiger partial charge in [-0.25, -0.2) is 13.4 Å². The maximum atomic E-state index is 12.3. The summed E-state index contributed by atoms with van der Waals surface area (Å²) >= 11 is 12.8. The quantitative estimate of drug-likeness (QED) is 0.759. The van der Waals surface area contributed by atoms with Crippen molar-refractivity contribution >= 4 is 55.7 Å². The van der Waals surface area contributed by atoms with E-state index in [9.17, 15) is 13.2 Å². The Morgan fingerprint density at radius 1 is 1.39 bits per heavy atom. The van der Waals surface area contributed by atoms with E-state index in [4.69, 9.17) is 27.9 Å². The van der Waals surface area contributed by atoms with Crippen LogP contribution in [0.25, 0.3) is 0 Å². The van der Waals surface area contributed by atoms with Crippen LogP contribution in [0, 0.1) is 0 Å². The third-order valence-electron chi connectivity index (χ3n) is 2.61. The molecule has 124 valence electrons. The molecular formula is C13H12Cl2N2O4S2. The number of nitrogens with one attached hydrogen (secondary N) is 1. The summed E-state index contributed by atoms with van der Waals surface area (Å²) in [6, 6.07) is 4.31.